The molecule has 3 heteroatoms. The number of phenolic OH excluding ortho intramolecular Hbond substituents is 1. The van der Waals surface area contributed by atoms with Gasteiger partial charge in [-0.3, -0.25) is 0 Å². The summed E-state index contributed by atoms with van der Waals surface area (Å²) in [6.45, 7) is 1.87. The first kappa shape index (κ1) is 10.0. The average Bonchev–Trinajstić information content (AvgIpc) is 2.04. The van der Waals surface area contributed by atoms with E-state index >= 15 is 0 Å². The molecule has 1 rings (SSSR count). The lowest BCUT2D eigenvalue weighted by atomic mass is 9.96. The Morgan fingerprint density at radius 3 is 2.46 bits per heavy atom. The van der Waals surface area contributed by atoms with Crippen molar-refractivity contribution in [1.29, 1.82) is 0 Å². The third kappa shape index (κ3) is 2.44. The first-order valence-corrected chi connectivity index (χ1v) is 4.30. The fourth-order valence-electron chi connectivity index (χ4n) is 1.37. The minimum absolute atomic E-state index is 0.150. The van der Waals surface area contributed by atoms with Crippen molar-refractivity contribution in [2.24, 2.45) is 0 Å². The van der Waals surface area contributed by atoms with Crippen molar-refractivity contribution in [3.8, 4) is 5.75 Å². The highest BCUT2D eigenvalue weighted by molar-refractivity contribution is 5.29. The molecule has 13 heavy (non-hydrogen) atoms. The van der Waals surface area contributed by atoms with Crippen LogP contribution in [0.25, 0.3) is 0 Å². The van der Waals surface area contributed by atoms with Crippen molar-refractivity contribution < 1.29 is 15.3 Å². The van der Waals surface area contributed by atoms with Crippen LogP contribution in [-0.4, -0.2) is 21.6 Å². The molecule has 0 fully saturated rings. The van der Waals surface area contributed by atoms with Gasteiger partial charge in [0.15, 0.2) is 6.29 Å². The molecule has 0 aliphatic heterocycles. The van der Waals surface area contributed by atoms with Crippen molar-refractivity contribution in [3.05, 3.63) is 29.8 Å². The third-order valence-corrected chi connectivity index (χ3v) is 2.10. The summed E-state index contributed by atoms with van der Waals surface area (Å²) in [7, 11) is 0. The van der Waals surface area contributed by atoms with Crippen LogP contribution in [0.2, 0.25) is 0 Å². The Morgan fingerprint density at radius 1 is 1.31 bits per heavy atom. The van der Waals surface area contributed by atoms with Crippen LogP contribution in [0.1, 0.15) is 24.8 Å². The fraction of sp³-hybridized carbons (Fsp3) is 0.400. The smallest absolute Gasteiger partial charge is 0.158 e. The molecule has 0 spiro atoms. The number of aliphatic hydroxyl groups is 2. The number of hydrogen-bond acceptors (Lipinski definition) is 3. The summed E-state index contributed by atoms with van der Waals surface area (Å²) >= 11 is 0. The highest BCUT2D eigenvalue weighted by Gasteiger charge is 2.16. The zero-order valence-electron chi connectivity index (χ0n) is 7.51. The minimum Gasteiger partial charge on any atom is -0.508 e. The van der Waals surface area contributed by atoms with Crippen molar-refractivity contribution in [2.75, 3.05) is 0 Å². The molecule has 0 aliphatic carbocycles. The maximum atomic E-state index is 9.18. The monoisotopic (exact) mass is 182 g/mol. The second-order valence-electron chi connectivity index (χ2n) is 3.02. The largest absolute Gasteiger partial charge is 0.508 e. The first-order chi connectivity index (χ1) is 6.15. The second kappa shape index (κ2) is 4.25. The molecule has 0 radical (unpaired) electrons. The maximum absolute atomic E-state index is 9.18. The predicted molar refractivity (Wildman–Crippen MR) is 49.4 cm³/mol. The normalized spacial score (nSPS) is 13.2. The highest BCUT2D eigenvalue weighted by atomic mass is 16.5. The van der Waals surface area contributed by atoms with Crippen LogP contribution in [-0.2, 0) is 0 Å². The average molecular weight is 182 g/mol. The lowest BCUT2D eigenvalue weighted by Crippen LogP contribution is -2.16. The van der Waals surface area contributed by atoms with Crippen LogP contribution in [0.5, 0.6) is 5.75 Å². The molecular weight excluding hydrogens is 168 g/mol. The molecule has 0 amide bonds. The van der Waals surface area contributed by atoms with E-state index in [4.69, 9.17) is 10.2 Å². The molecule has 0 aliphatic rings. The van der Waals surface area contributed by atoms with Gasteiger partial charge >= 0.3 is 0 Å². The first-order valence-electron chi connectivity index (χ1n) is 4.30. The standard InChI is InChI=1S/C10H14O3/c1-2-9(10(12)13)7-4-3-5-8(11)6-7/h3-6,9-13H,2H2,1H3. The van der Waals surface area contributed by atoms with Crippen molar-refractivity contribution in [2.45, 2.75) is 25.6 Å². The summed E-state index contributed by atoms with van der Waals surface area (Å²) < 4.78 is 0. The minimum atomic E-state index is -1.37. The van der Waals surface area contributed by atoms with Crippen molar-refractivity contribution >= 4 is 0 Å². The molecule has 0 aromatic heterocycles. The van der Waals surface area contributed by atoms with Gasteiger partial charge < -0.3 is 15.3 Å². The molecule has 1 unspecified atom stereocenters. The van der Waals surface area contributed by atoms with Crippen LogP contribution in [0.15, 0.2) is 24.3 Å². The summed E-state index contributed by atoms with van der Waals surface area (Å²) in [5.74, 6) is -0.177. The number of hydrogen-bond donors (Lipinski definition) is 3. The summed E-state index contributed by atoms with van der Waals surface area (Å²) in [5, 5.41) is 27.2. The Morgan fingerprint density at radius 2 is 2.00 bits per heavy atom. The predicted octanol–water partition coefficient (Wildman–Crippen LogP) is 1.20. The van der Waals surface area contributed by atoms with Crippen LogP contribution < -0.4 is 0 Å². The zero-order valence-corrected chi connectivity index (χ0v) is 7.51. The molecule has 3 N–H and O–H groups in total. The molecule has 1 aromatic rings. The Bertz CT molecular complexity index is 271. The van der Waals surface area contributed by atoms with E-state index in [2.05, 4.69) is 0 Å². The number of rotatable bonds is 3. The highest BCUT2D eigenvalue weighted by Crippen LogP contribution is 2.24. The molecule has 0 saturated carbocycles. The van der Waals surface area contributed by atoms with Gasteiger partial charge in [-0.25, -0.2) is 0 Å². The van der Waals surface area contributed by atoms with E-state index < -0.39 is 6.29 Å². The van der Waals surface area contributed by atoms with E-state index in [0.717, 1.165) is 5.56 Å². The molecule has 0 bridgehead atoms. The van der Waals surface area contributed by atoms with E-state index in [-0.39, 0.29) is 11.7 Å². The van der Waals surface area contributed by atoms with Gasteiger partial charge in [0.2, 0.25) is 0 Å². The van der Waals surface area contributed by atoms with Crippen LogP contribution in [0.3, 0.4) is 0 Å². The van der Waals surface area contributed by atoms with E-state index in [9.17, 15) is 5.11 Å². The Balaban J connectivity index is 2.91. The van der Waals surface area contributed by atoms with Crippen LogP contribution >= 0.6 is 0 Å². The van der Waals surface area contributed by atoms with Crippen LogP contribution in [0, 0.1) is 0 Å². The molecule has 1 atom stereocenters. The van der Waals surface area contributed by atoms with Gasteiger partial charge in [0.1, 0.15) is 5.75 Å². The molecule has 0 heterocycles. The Hall–Kier alpha value is -1.06. The molecular formula is C10H14O3. The summed E-state index contributed by atoms with van der Waals surface area (Å²) in [6.07, 6.45) is -0.743. The number of benzene rings is 1. The fourth-order valence-corrected chi connectivity index (χ4v) is 1.37. The summed E-state index contributed by atoms with van der Waals surface area (Å²) in [5.41, 5.74) is 0.748. The van der Waals surface area contributed by atoms with E-state index in [0.29, 0.717) is 6.42 Å². The zero-order chi connectivity index (χ0) is 9.84. The third-order valence-electron chi connectivity index (χ3n) is 2.10. The molecule has 3 nitrogen and oxygen atoms in total. The molecule has 1 aromatic carbocycles. The molecule has 72 valence electrons. The molecule has 0 saturated heterocycles. The van der Waals surface area contributed by atoms with E-state index in [1.807, 2.05) is 6.92 Å². The van der Waals surface area contributed by atoms with Gasteiger partial charge in [-0.05, 0) is 24.1 Å². The van der Waals surface area contributed by atoms with Gasteiger partial charge in [-0.2, -0.15) is 0 Å². The topological polar surface area (TPSA) is 60.7 Å². The summed E-state index contributed by atoms with van der Waals surface area (Å²) in [4.78, 5) is 0. The number of aromatic hydroxyl groups is 1. The van der Waals surface area contributed by atoms with E-state index in [1.165, 1.54) is 0 Å². The second-order valence-corrected chi connectivity index (χ2v) is 3.02. The van der Waals surface area contributed by atoms with Gasteiger partial charge in [-0.15, -0.1) is 0 Å². The van der Waals surface area contributed by atoms with Gasteiger partial charge in [0.05, 0.1) is 0 Å². The van der Waals surface area contributed by atoms with Gasteiger partial charge in [0, 0.05) is 5.92 Å². The van der Waals surface area contributed by atoms with Crippen LogP contribution in [0.4, 0.5) is 0 Å². The summed E-state index contributed by atoms with van der Waals surface area (Å²) in [6, 6.07) is 6.57. The lowest BCUT2D eigenvalue weighted by Gasteiger charge is -2.17. The van der Waals surface area contributed by atoms with E-state index in [1.54, 1.807) is 24.3 Å². The van der Waals surface area contributed by atoms with Crippen molar-refractivity contribution in [1.82, 2.24) is 0 Å². The lowest BCUT2D eigenvalue weighted by molar-refractivity contribution is -0.0610. The number of aliphatic hydroxyl groups excluding tert-OH is 1. The van der Waals surface area contributed by atoms with Gasteiger partial charge in [0.25, 0.3) is 0 Å². The number of phenols is 1. The quantitative estimate of drug-likeness (QED) is 0.615. The van der Waals surface area contributed by atoms with Crippen molar-refractivity contribution in [3.63, 3.8) is 0 Å². The Kier molecular flexibility index (Phi) is 3.28. The maximum Gasteiger partial charge on any atom is 0.158 e. The SMILES string of the molecule is CCC(c1cccc(O)c1)C(O)O. The Labute approximate surface area is 77.3 Å². The van der Waals surface area contributed by atoms with Gasteiger partial charge in [-0.1, -0.05) is 19.1 Å².